The van der Waals surface area contributed by atoms with Crippen molar-refractivity contribution in [1.82, 2.24) is 0 Å². The van der Waals surface area contributed by atoms with Crippen molar-refractivity contribution in [1.29, 1.82) is 0 Å². The van der Waals surface area contributed by atoms with Gasteiger partial charge < -0.3 is 30.3 Å². The highest BCUT2D eigenvalue weighted by Gasteiger charge is 2.30. The highest BCUT2D eigenvalue weighted by Crippen LogP contribution is 2.41. The number of phenolic OH excluding ortho intramolecular Hbond substituents is 2. The first-order valence-electron chi connectivity index (χ1n) is 19.4. The second kappa shape index (κ2) is 19.3. The van der Waals surface area contributed by atoms with E-state index in [1.165, 1.54) is 19.3 Å². The molecule has 4 aromatic carbocycles. The number of hydrogen-bond acceptors (Lipinski definition) is 6. The highest BCUT2D eigenvalue weighted by molar-refractivity contribution is 5.32. The molecule has 0 radical (unpaired) electrons. The van der Waals surface area contributed by atoms with Crippen LogP contribution in [0.25, 0.3) is 0 Å². The van der Waals surface area contributed by atoms with Gasteiger partial charge in [-0.05, 0) is 133 Å². The minimum atomic E-state index is -0.415. The summed E-state index contributed by atoms with van der Waals surface area (Å²) in [4.78, 5) is 0. The summed E-state index contributed by atoms with van der Waals surface area (Å²) >= 11 is 0. The van der Waals surface area contributed by atoms with Gasteiger partial charge in [-0.2, -0.15) is 0 Å². The molecule has 0 heterocycles. The number of aromatic hydroxyl groups is 2. The molecule has 6 heteroatoms. The third-order valence-electron chi connectivity index (χ3n) is 11.4. The van der Waals surface area contributed by atoms with Crippen LogP contribution in [0.3, 0.4) is 0 Å². The first-order chi connectivity index (χ1) is 25.0. The molecule has 3 saturated carbocycles. The van der Waals surface area contributed by atoms with Gasteiger partial charge in [-0.25, -0.2) is 0 Å². The lowest BCUT2D eigenvalue weighted by atomic mass is 9.93. The molecular weight excluding hydrogens is 649 g/mol. The maximum atomic E-state index is 10.6. The maximum Gasteiger partial charge on any atom is 0.120 e. The lowest BCUT2D eigenvalue weighted by Gasteiger charge is -2.19. The summed E-state index contributed by atoms with van der Waals surface area (Å²) in [5.74, 6) is 4.59. The van der Waals surface area contributed by atoms with E-state index in [4.69, 9.17) is 4.74 Å². The lowest BCUT2D eigenvalue weighted by Crippen LogP contribution is -2.09. The Hall–Kier alpha value is -3.84. The average Bonchev–Trinajstić information content (AvgIpc) is 3.92. The van der Waals surface area contributed by atoms with Gasteiger partial charge in [-0.3, -0.25) is 0 Å². The topological polar surface area (TPSA) is 110 Å². The first-order valence-corrected chi connectivity index (χ1v) is 19.4. The van der Waals surface area contributed by atoms with Gasteiger partial charge in [0.25, 0.3) is 0 Å². The Morgan fingerprint density at radius 2 is 0.904 bits per heavy atom. The second-order valence-electron chi connectivity index (χ2n) is 15.9. The van der Waals surface area contributed by atoms with Crippen LogP contribution in [0.5, 0.6) is 17.2 Å². The number of phenols is 2. The van der Waals surface area contributed by atoms with Crippen molar-refractivity contribution < 1.29 is 30.3 Å². The summed E-state index contributed by atoms with van der Waals surface area (Å²) < 4.78 is 5.86. The van der Waals surface area contributed by atoms with Crippen molar-refractivity contribution in [2.45, 2.75) is 103 Å². The summed E-state index contributed by atoms with van der Waals surface area (Å²) in [6.45, 7) is 7.29. The molecule has 9 atom stereocenters. The summed E-state index contributed by atoms with van der Waals surface area (Å²) in [6, 6.07) is 32.0. The van der Waals surface area contributed by atoms with Crippen molar-refractivity contribution in [3.8, 4) is 17.2 Å². The van der Waals surface area contributed by atoms with Crippen LogP contribution in [0.1, 0.15) is 119 Å². The Kier molecular flexibility index (Phi) is 14.6. The van der Waals surface area contributed by atoms with Crippen LogP contribution in [-0.2, 0) is 6.61 Å². The molecule has 4 aromatic rings. The number of ether oxygens (including phenoxy) is 1. The minimum absolute atomic E-state index is 0.234. The number of hydrogen-bond donors (Lipinski definition) is 5. The fraction of sp³-hybridized carbons (Fsp3) is 0.478. The van der Waals surface area contributed by atoms with Gasteiger partial charge in [-0.15, -0.1) is 0 Å². The fourth-order valence-corrected chi connectivity index (χ4v) is 8.38. The number of benzene rings is 4. The van der Waals surface area contributed by atoms with Crippen LogP contribution < -0.4 is 4.74 Å². The second-order valence-corrected chi connectivity index (χ2v) is 15.9. The van der Waals surface area contributed by atoms with Crippen molar-refractivity contribution >= 4 is 0 Å². The predicted octanol–water partition coefficient (Wildman–Crippen LogP) is 10.5. The summed E-state index contributed by atoms with van der Waals surface area (Å²) in [5, 5.41) is 49.6. The Balaban J connectivity index is 0.000000155. The summed E-state index contributed by atoms with van der Waals surface area (Å²) in [5.41, 5.74) is 3.81. The van der Waals surface area contributed by atoms with E-state index >= 15 is 0 Å². The van der Waals surface area contributed by atoms with E-state index in [9.17, 15) is 25.5 Å². The molecule has 0 aliphatic heterocycles. The monoisotopic (exact) mass is 708 g/mol. The van der Waals surface area contributed by atoms with Crippen molar-refractivity contribution in [2.24, 2.45) is 35.5 Å². The molecule has 5 N–H and O–H groups in total. The molecule has 0 bridgehead atoms. The van der Waals surface area contributed by atoms with Gasteiger partial charge >= 0.3 is 0 Å². The van der Waals surface area contributed by atoms with Crippen molar-refractivity contribution in [2.75, 3.05) is 0 Å². The lowest BCUT2D eigenvalue weighted by molar-refractivity contribution is 0.109. The molecule has 52 heavy (non-hydrogen) atoms. The molecule has 0 aromatic heterocycles. The molecule has 280 valence electrons. The average molecular weight is 709 g/mol. The van der Waals surface area contributed by atoms with Gasteiger partial charge in [0.2, 0.25) is 0 Å². The quantitative estimate of drug-likeness (QED) is 0.118. The standard InChI is InChI=1S/C20H24O2.2C13H18O2/c1-15-10-11-18(12-15)20(21)17-8-5-9-19(13-17)22-14-16-6-3-2-4-7-16;2*1-9-5-6-11(7-9)13(15)10-3-2-4-12(14)8-10/h2-9,13,15,18,20-21H,10-12,14H2,1H3;2*2-4,8-9,11,13-15H,5-7H2,1H3/t15-,18+,20+;2*9-,11+,13+/m010/s1. The van der Waals surface area contributed by atoms with Gasteiger partial charge in [0, 0.05) is 0 Å². The van der Waals surface area contributed by atoms with Crippen LogP contribution in [0.15, 0.2) is 103 Å². The first kappa shape index (κ1) is 39.4. The number of aliphatic hydroxyl groups excluding tert-OH is 3. The Morgan fingerprint density at radius 1 is 0.500 bits per heavy atom. The van der Waals surface area contributed by atoms with E-state index in [1.807, 2.05) is 54.6 Å². The number of rotatable bonds is 9. The fourth-order valence-electron chi connectivity index (χ4n) is 8.38. The van der Waals surface area contributed by atoms with E-state index in [0.29, 0.717) is 24.4 Å². The van der Waals surface area contributed by atoms with Gasteiger partial charge in [0.05, 0.1) is 18.3 Å². The number of aliphatic hydroxyl groups is 3. The molecule has 0 spiro atoms. The normalized spacial score (nSPS) is 25.6. The van der Waals surface area contributed by atoms with Crippen LogP contribution in [0.4, 0.5) is 0 Å². The van der Waals surface area contributed by atoms with E-state index in [0.717, 1.165) is 84.3 Å². The van der Waals surface area contributed by atoms with E-state index < -0.39 is 12.2 Å². The van der Waals surface area contributed by atoms with E-state index in [2.05, 4.69) is 32.9 Å². The molecular formula is C46H60O6. The van der Waals surface area contributed by atoms with Gasteiger partial charge in [0.1, 0.15) is 23.9 Å². The minimum Gasteiger partial charge on any atom is -0.508 e. The zero-order valence-electron chi connectivity index (χ0n) is 31.2. The molecule has 0 amide bonds. The van der Waals surface area contributed by atoms with E-state index in [1.54, 1.807) is 36.4 Å². The van der Waals surface area contributed by atoms with Gasteiger partial charge in [0.15, 0.2) is 0 Å². The molecule has 0 unspecified atom stereocenters. The molecule has 7 rings (SSSR count). The summed E-state index contributed by atoms with van der Waals surface area (Å²) in [6.07, 6.45) is 9.07. The third kappa shape index (κ3) is 11.6. The van der Waals surface area contributed by atoms with Crippen LogP contribution >= 0.6 is 0 Å². The summed E-state index contributed by atoms with van der Waals surface area (Å²) in [7, 11) is 0. The predicted molar refractivity (Wildman–Crippen MR) is 208 cm³/mol. The Morgan fingerprint density at radius 3 is 1.29 bits per heavy atom. The SMILES string of the molecule is C[C@@H]1CC[C@H]([C@@H](O)c2cccc(O)c2)C1.C[C@H]1CC[C@@H]([C@H](O)c2cccc(O)c2)C1.C[C@H]1CC[C@@H]([C@H](O)c2cccc(OCc3ccccc3)c2)C1. The smallest absolute Gasteiger partial charge is 0.120 e. The molecule has 3 aliphatic rings. The Labute approximate surface area is 311 Å². The van der Waals surface area contributed by atoms with Crippen LogP contribution in [0.2, 0.25) is 0 Å². The van der Waals surface area contributed by atoms with Crippen molar-refractivity contribution in [3.05, 3.63) is 125 Å². The van der Waals surface area contributed by atoms with E-state index in [-0.39, 0.29) is 17.6 Å². The molecule has 0 saturated heterocycles. The largest absolute Gasteiger partial charge is 0.508 e. The zero-order valence-corrected chi connectivity index (χ0v) is 31.2. The Bertz CT molecular complexity index is 1570. The third-order valence-corrected chi connectivity index (χ3v) is 11.4. The molecule has 3 aliphatic carbocycles. The van der Waals surface area contributed by atoms with Gasteiger partial charge in [-0.1, -0.05) is 107 Å². The maximum absolute atomic E-state index is 10.6. The highest BCUT2D eigenvalue weighted by atomic mass is 16.5. The molecule has 6 nitrogen and oxygen atoms in total. The van der Waals surface area contributed by atoms with Crippen LogP contribution in [0, 0.1) is 35.5 Å². The van der Waals surface area contributed by atoms with Crippen molar-refractivity contribution in [3.63, 3.8) is 0 Å². The van der Waals surface area contributed by atoms with Crippen LogP contribution in [-0.4, -0.2) is 25.5 Å². The zero-order chi connectivity index (χ0) is 37.0. The molecule has 3 fully saturated rings.